The smallest absolute Gasteiger partial charge is 0.236 e. The topological polar surface area (TPSA) is 62.5 Å². The third kappa shape index (κ3) is 4.89. The van der Waals surface area contributed by atoms with Crippen molar-refractivity contribution in [3.05, 3.63) is 47.6 Å². The fraction of sp³-hybridized carbons (Fsp3) is 0.526. The summed E-state index contributed by atoms with van der Waals surface area (Å²) in [6.45, 7) is 4.82. The van der Waals surface area contributed by atoms with Gasteiger partial charge in [-0.05, 0) is 37.4 Å². The summed E-state index contributed by atoms with van der Waals surface area (Å²) in [5.41, 5.74) is 1.42. The monoisotopic (exact) mass is 342 g/mol. The highest BCUT2D eigenvalue weighted by Gasteiger charge is 2.23. The molecule has 0 N–H and O–H groups in total. The van der Waals surface area contributed by atoms with Crippen molar-refractivity contribution in [3.8, 4) is 0 Å². The Hall–Kier alpha value is -2.21. The summed E-state index contributed by atoms with van der Waals surface area (Å²) in [5, 5.41) is 3.87. The second-order valence-electron chi connectivity index (χ2n) is 6.76. The molecule has 2 aromatic rings. The first kappa shape index (κ1) is 17.6. The first-order valence-electron chi connectivity index (χ1n) is 8.92. The van der Waals surface area contributed by atoms with E-state index in [2.05, 4.69) is 45.4 Å². The van der Waals surface area contributed by atoms with Crippen molar-refractivity contribution in [1.82, 2.24) is 19.9 Å². The van der Waals surface area contributed by atoms with E-state index in [0.717, 1.165) is 25.9 Å². The number of nitrogens with zero attached hydrogens (tertiary/aromatic N) is 4. The molecule has 0 spiro atoms. The Labute approximate surface area is 148 Å². The molecule has 25 heavy (non-hydrogen) atoms. The predicted molar refractivity (Wildman–Crippen MR) is 95.2 cm³/mol. The van der Waals surface area contributed by atoms with Gasteiger partial charge in [-0.25, -0.2) is 0 Å². The Morgan fingerprint density at radius 2 is 2.00 bits per heavy atom. The predicted octanol–water partition coefficient (Wildman–Crippen LogP) is 2.26. The SMILES string of the molecule is Cc1nc(CCN(C)C(=O)CN2CCC(c3ccccc3)CC2)no1. The molecule has 2 heterocycles. The maximum Gasteiger partial charge on any atom is 0.236 e. The van der Waals surface area contributed by atoms with Crippen LogP contribution in [-0.4, -0.2) is 59.1 Å². The molecule has 1 fully saturated rings. The van der Waals surface area contributed by atoms with Crippen LogP contribution in [0.5, 0.6) is 0 Å². The van der Waals surface area contributed by atoms with Crippen LogP contribution >= 0.6 is 0 Å². The molecule has 0 radical (unpaired) electrons. The summed E-state index contributed by atoms with van der Waals surface area (Å²) in [7, 11) is 1.84. The van der Waals surface area contributed by atoms with Gasteiger partial charge in [-0.1, -0.05) is 35.5 Å². The number of hydrogen-bond acceptors (Lipinski definition) is 5. The molecule has 6 nitrogen and oxygen atoms in total. The third-order valence-corrected chi connectivity index (χ3v) is 4.88. The number of hydrogen-bond donors (Lipinski definition) is 0. The molecule has 0 unspecified atom stereocenters. The Bertz CT molecular complexity index is 678. The van der Waals surface area contributed by atoms with Gasteiger partial charge in [0.1, 0.15) is 0 Å². The van der Waals surface area contributed by atoms with Crippen molar-refractivity contribution >= 4 is 5.91 Å². The first-order chi connectivity index (χ1) is 12.1. The zero-order chi connectivity index (χ0) is 17.6. The van der Waals surface area contributed by atoms with E-state index in [1.807, 2.05) is 7.05 Å². The number of likely N-dealkylation sites (N-methyl/N-ethyl adjacent to an activating group) is 1. The molecule has 1 aliphatic heterocycles. The number of likely N-dealkylation sites (tertiary alicyclic amines) is 1. The summed E-state index contributed by atoms with van der Waals surface area (Å²) >= 11 is 0. The van der Waals surface area contributed by atoms with Crippen molar-refractivity contribution in [2.75, 3.05) is 33.2 Å². The largest absolute Gasteiger partial charge is 0.344 e. The number of aromatic nitrogens is 2. The number of carbonyl (C=O) groups excluding carboxylic acids is 1. The van der Waals surface area contributed by atoms with Gasteiger partial charge < -0.3 is 9.42 Å². The highest BCUT2D eigenvalue weighted by Crippen LogP contribution is 2.27. The van der Waals surface area contributed by atoms with Crippen molar-refractivity contribution in [1.29, 1.82) is 0 Å². The highest BCUT2D eigenvalue weighted by molar-refractivity contribution is 5.78. The molecule has 0 saturated carbocycles. The molecule has 3 rings (SSSR count). The molecule has 6 heteroatoms. The second-order valence-corrected chi connectivity index (χ2v) is 6.76. The van der Waals surface area contributed by atoms with E-state index in [1.165, 1.54) is 5.56 Å². The maximum absolute atomic E-state index is 12.4. The Morgan fingerprint density at radius 3 is 2.64 bits per heavy atom. The lowest BCUT2D eigenvalue weighted by Crippen LogP contribution is -2.42. The van der Waals surface area contributed by atoms with Crippen LogP contribution in [0.2, 0.25) is 0 Å². The Morgan fingerprint density at radius 1 is 1.28 bits per heavy atom. The van der Waals surface area contributed by atoms with E-state index in [-0.39, 0.29) is 5.91 Å². The number of aryl methyl sites for hydroxylation is 1. The van der Waals surface area contributed by atoms with Crippen LogP contribution in [0.1, 0.15) is 36.0 Å². The van der Waals surface area contributed by atoms with Gasteiger partial charge in [0.15, 0.2) is 5.82 Å². The molecule has 1 aromatic heterocycles. The van der Waals surface area contributed by atoms with E-state index < -0.39 is 0 Å². The normalized spacial score (nSPS) is 16.1. The van der Waals surface area contributed by atoms with Crippen LogP contribution in [0.15, 0.2) is 34.9 Å². The molecular weight excluding hydrogens is 316 g/mol. The van der Waals surface area contributed by atoms with Gasteiger partial charge in [-0.2, -0.15) is 4.98 Å². The maximum atomic E-state index is 12.4. The average Bonchev–Trinajstić information content (AvgIpc) is 3.06. The van der Waals surface area contributed by atoms with Gasteiger partial charge >= 0.3 is 0 Å². The fourth-order valence-corrected chi connectivity index (χ4v) is 3.30. The molecule has 1 aliphatic rings. The number of benzene rings is 1. The number of carbonyl (C=O) groups is 1. The van der Waals surface area contributed by atoms with E-state index in [1.54, 1.807) is 11.8 Å². The summed E-state index contributed by atoms with van der Waals surface area (Å²) < 4.78 is 4.95. The highest BCUT2D eigenvalue weighted by atomic mass is 16.5. The van der Waals surface area contributed by atoms with Crippen LogP contribution in [0.4, 0.5) is 0 Å². The quantitative estimate of drug-likeness (QED) is 0.806. The van der Waals surface area contributed by atoms with Crippen molar-refractivity contribution in [2.24, 2.45) is 0 Å². The van der Waals surface area contributed by atoms with Crippen LogP contribution < -0.4 is 0 Å². The Kier molecular flexibility index (Phi) is 5.81. The molecule has 0 aliphatic carbocycles. The van der Waals surface area contributed by atoms with Gasteiger partial charge in [-0.15, -0.1) is 0 Å². The Balaban J connectivity index is 1.41. The van der Waals surface area contributed by atoms with E-state index in [4.69, 9.17) is 4.52 Å². The number of amides is 1. The standard InChI is InChI=1S/C19H26N4O2/c1-15-20-18(21-25-15)10-11-22(2)19(24)14-23-12-8-17(9-13-23)16-6-4-3-5-7-16/h3-7,17H,8-14H2,1-2H3. The average molecular weight is 342 g/mol. The third-order valence-electron chi connectivity index (χ3n) is 4.88. The summed E-state index contributed by atoms with van der Waals surface area (Å²) in [4.78, 5) is 20.6. The van der Waals surface area contributed by atoms with Crippen LogP contribution in [0.25, 0.3) is 0 Å². The minimum Gasteiger partial charge on any atom is -0.344 e. The lowest BCUT2D eigenvalue weighted by Gasteiger charge is -2.32. The molecule has 1 aromatic carbocycles. The molecular formula is C19H26N4O2. The minimum atomic E-state index is 0.151. The molecule has 0 bridgehead atoms. The number of piperidine rings is 1. The summed E-state index contributed by atoms with van der Waals surface area (Å²) in [5.74, 6) is 1.98. The second kappa shape index (κ2) is 8.25. The van der Waals surface area contributed by atoms with E-state index in [9.17, 15) is 4.79 Å². The van der Waals surface area contributed by atoms with Gasteiger partial charge in [0, 0.05) is 26.9 Å². The first-order valence-corrected chi connectivity index (χ1v) is 8.92. The van der Waals surface area contributed by atoms with Gasteiger partial charge in [0.05, 0.1) is 6.54 Å². The molecule has 1 amide bonds. The van der Waals surface area contributed by atoms with E-state index in [0.29, 0.717) is 37.1 Å². The van der Waals surface area contributed by atoms with Crippen molar-refractivity contribution in [2.45, 2.75) is 32.1 Å². The fourth-order valence-electron chi connectivity index (χ4n) is 3.30. The van der Waals surface area contributed by atoms with Gasteiger partial charge in [0.25, 0.3) is 0 Å². The van der Waals surface area contributed by atoms with Crippen LogP contribution in [0, 0.1) is 6.92 Å². The number of rotatable bonds is 6. The van der Waals surface area contributed by atoms with Crippen LogP contribution in [-0.2, 0) is 11.2 Å². The summed E-state index contributed by atoms with van der Waals surface area (Å²) in [6, 6.07) is 10.7. The summed E-state index contributed by atoms with van der Waals surface area (Å²) in [6.07, 6.45) is 2.85. The van der Waals surface area contributed by atoms with Crippen LogP contribution in [0.3, 0.4) is 0 Å². The van der Waals surface area contributed by atoms with Gasteiger partial charge in [-0.3, -0.25) is 9.69 Å². The lowest BCUT2D eigenvalue weighted by molar-refractivity contribution is -0.131. The zero-order valence-electron chi connectivity index (χ0n) is 15.0. The lowest BCUT2D eigenvalue weighted by atomic mass is 9.89. The molecule has 1 saturated heterocycles. The van der Waals surface area contributed by atoms with E-state index >= 15 is 0 Å². The van der Waals surface area contributed by atoms with Crippen molar-refractivity contribution in [3.63, 3.8) is 0 Å². The van der Waals surface area contributed by atoms with Gasteiger partial charge in [0.2, 0.25) is 11.8 Å². The van der Waals surface area contributed by atoms with Crippen molar-refractivity contribution < 1.29 is 9.32 Å². The zero-order valence-corrected chi connectivity index (χ0v) is 15.0. The molecule has 0 atom stereocenters. The minimum absolute atomic E-state index is 0.151. The molecule has 134 valence electrons.